The van der Waals surface area contributed by atoms with E-state index in [-0.39, 0.29) is 0 Å². The monoisotopic (exact) mass is 364 g/mol. The van der Waals surface area contributed by atoms with Crippen LogP contribution in [0.1, 0.15) is 31.4 Å². The molecule has 0 unspecified atom stereocenters. The van der Waals surface area contributed by atoms with E-state index in [0.29, 0.717) is 12.2 Å². The fourth-order valence-corrected chi connectivity index (χ4v) is 5.01. The Kier molecular flexibility index (Phi) is 5.60. The van der Waals surface area contributed by atoms with E-state index in [2.05, 4.69) is 27.1 Å². The van der Waals surface area contributed by atoms with Crippen LogP contribution in [0.2, 0.25) is 0 Å². The Morgan fingerprint density at radius 1 is 1.08 bits per heavy atom. The highest BCUT2D eigenvalue weighted by Crippen LogP contribution is 2.27. The van der Waals surface area contributed by atoms with E-state index < -0.39 is 0 Å². The maximum atomic E-state index is 5.85. The minimum absolute atomic E-state index is 0.376. The van der Waals surface area contributed by atoms with Gasteiger partial charge in [0.05, 0.1) is 17.9 Å². The number of aromatic nitrogens is 1. The molecule has 4 heterocycles. The van der Waals surface area contributed by atoms with Gasteiger partial charge in [-0.25, -0.2) is 4.98 Å². The van der Waals surface area contributed by atoms with Crippen LogP contribution in [-0.2, 0) is 16.0 Å². The van der Waals surface area contributed by atoms with Crippen LogP contribution in [0, 0.1) is 0 Å². The smallest absolute Gasteiger partial charge is 0.124 e. The second-order valence-corrected chi connectivity index (χ2v) is 8.26. The molecule has 0 bridgehead atoms. The van der Waals surface area contributed by atoms with Gasteiger partial charge >= 0.3 is 0 Å². The Labute approximate surface area is 151 Å². The second-order valence-electron chi connectivity index (χ2n) is 6.62. The SMILES string of the molecule is c1cc(-c2nc(CN(C[C@@H]3CCCO3)C[C@@H]3CCCO3)cs2)cs1. The van der Waals surface area contributed by atoms with Crippen molar-refractivity contribution in [3.63, 3.8) is 0 Å². The highest BCUT2D eigenvalue weighted by atomic mass is 32.1. The number of hydrogen-bond donors (Lipinski definition) is 0. The van der Waals surface area contributed by atoms with Gasteiger partial charge in [0.2, 0.25) is 0 Å². The Morgan fingerprint density at radius 3 is 2.42 bits per heavy atom. The molecular weight excluding hydrogens is 340 g/mol. The minimum atomic E-state index is 0.376. The number of ether oxygens (including phenoxy) is 2. The molecule has 24 heavy (non-hydrogen) atoms. The summed E-state index contributed by atoms with van der Waals surface area (Å²) in [6.07, 6.45) is 5.50. The van der Waals surface area contributed by atoms with Crippen LogP contribution in [-0.4, -0.2) is 48.4 Å². The van der Waals surface area contributed by atoms with Gasteiger partial charge in [-0.15, -0.1) is 11.3 Å². The number of thiazole rings is 1. The maximum absolute atomic E-state index is 5.85. The van der Waals surface area contributed by atoms with Gasteiger partial charge in [0.25, 0.3) is 0 Å². The van der Waals surface area contributed by atoms with Crippen molar-refractivity contribution in [3.8, 4) is 10.6 Å². The molecule has 2 aromatic rings. The highest BCUT2D eigenvalue weighted by Gasteiger charge is 2.24. The molecule has 0 radical (unpaired) electrons. The molecule has 4 rings (SSSR count). The van der Waals surface area contributed by atoms with Crippen LogP contribution in [0.4, 0.5) is 0 Å². The van der Waals surface area contributed by atoms with Gasteiger partial charge in [-0.05, 0) is 37.1 Å². The Hall–Kier alpha value is -0.790. The summed E-state index contributed by atoms with van der Waals surface area (Å²) >= 11 is 3.46. The third-order valence-corrected chi connectivity index (χ3v) is 6.30. The molecule has 0 amide bonds. The summed E-state index contributed by atoms with van der Waals surface area (Å²) in [6, 6.07) is 2.14. The van der Waals surface area contributed by atoms with E-state index >= 15 is 0 Å². The van der Waals surface area contributed by atoms with Crippen LogP contribution >= 0.6 is 22.7 Å². The van der Waals surface area contributed by atoms with Crippen molar-refractivity contribution >= 4 is 22.7 Å². The van der Waals surface area contributed by atoms with Gasteiger partial charge in [0.15, 0.2) is 0 Å². The van der Waals surface area contributed by atoms with Crippen molar-refractivity contribution in [2.75, 3.05) is 26.3 Å². The quantitative estimate of drug-likeness (QED) is 0.743. The first-order chi connectivity index (χ1) is 11.9. The minimum Gasteiger partial charge on any atom is -0.377 e. The van der Waals surface area contributed by atoms with E-state index in [1.54, 1.807) is 22.7 Å². The molecule has 2 aromatic heterocycles. The largest absolute Gasteiger partial charge is 0.377 e. The predicted octanol–water partition coefficient (Wildman–Crippen LogP) is 4.03. The van der Waals surface area contributed by atoms with Crippen LogP contribution in [0.3, 0.4) is 0 Å². The molecule has 0 N–H and O–H groups in total. The lowest BCUT2D eigenvalue weighted by molar-refractivity contribution is 0.0342. The van der Waals surface area contributed by atoms with E-state index in [4.69, 9.17) is 14.5 Å². The van der Waals surface area contributed by atoms with Gasteiger partial charge in [0.1, 0.15) is 5.01 Å². The first-order valence-corrected chi connectivity index (χ1v) is 10.6. The summed E-state index contributed by atoms with van der Waals surface area (Å²) in [5.41, 5.74) is 2.40. The number of thiophene rings is 1. The molecule has 2 atom stereocenters. The van der Waals surface area contributed by atoms with Crippen molar-refractivity contribution in [1.82, 2.24) is 9.88 Å². The molecule has 0 aliphatic carbocycles. The molecule has 6 heteroatoms. The van der Waals surface area contributed by atoms with Gasteiger partial charge in [0, 0.05) is 49.2 Å². The van der Waals surface area contributed by atoms with E-state index in [0.717, 1.165) is 43.5 Å². The van der Waals surface area contributed by atoms with Gasteiger partial charge < -0.3 is 9.47 Å². The molecular formula is C18H24N2O2S2. The molecule has 2 aliphatic rings. The summed E-state index contributed by atoms with van der Waals surface area (Å²) < 4.78 is 11.7. The Bertz CT molecular complexity index is 599. The van der Waals surface area contributed by atoms with Gasteiger partial charge in [-0.3, -0.25) is 4.90 Å². The fourth-order valence-electron chi connectivity index (χ4n) is 3.48. The van der Waals surface area contributed by atoms with Crippen molar-refractivity contribution in [2.45, 2.75) is 44.4 Å². The van der Waals surface area contributed by atoms with Crippen LogP contribution < -0.4 is 0 Å². The molecule has 2 fully saturated rings. The summed E-state index contributed by atoms with van der Waals surface area (Å²) in [4.78, 5) is 7.33. The first kappa shape index (κ1) is 16.7. The van der Waals surface area contributed by atoms with Crippen molar-refractivity contribution in [2.24, 2.45) is 0 Å². The normalized spacial score (nSPS) is 24.2. The van der Waals surface area contributed by atoms with E-state index in [1.165, 1.54) is 31.2 Å². The number of nitrogens with zero attached hydrogens (tertiary/aromatic N) is 2. The highest BCUT2D eigenvalue weighted by molar-refractivity contribution is 7.14. The van der Waals surface area contributed by atoms with Crippen molar-refractivity contribution in [1.29, 1.82) is 0 Å². The van der Waals surface area contributed by atoms with Gasteiger partial charge in [-0.2, -0.15) is 11.3 Å². The maximum Gasteiger partial charge on any atom is 0.124 e. The molecule has 0 spiro atoms. The van der Waals surface area contributed by atoms with Gasteiger partial charge in [-0.1, -0.05) is 0 Å². The molecule has 2 saturated heterocycles. The Morgan fingerprint density at radius 2 is 1.83 bits per heavy atom. The van der Waals surface area contributed by atoms with E-state index in [9.17, 15) is 0 Å². The summed E-state index contributed by atoms with van der Waals surface area (Å²) in [7, 11) is 0. The fraction of sp³-hybridized carbons (Fsp3) is 0.611. The lowest BCUT2D eigenvalue weighted by Gasteiger charge is -2.26. The average Bonchev–Trinajstić information content (AvgIpc) is 3.37. The van der Waals surface area contributed by atoms with Crippen LogP contribution in [0.25, 0.3) is 10.6 Å². The summed E-state index contributed by atoms with van der Waals surface area (Å²) in [5, 5.41) is 7.60. The zero-order chi connectivity index (χ0) is 16.2. The Balaban J connectivity index is 1.41. The second kappa shape index (κ2) is 8.06. The zero-order valence-corrected chi connectivity index (χ0v) is 15.5. The lowest BCUT2D eigenvalue weighted by Crippen LogP contribution is -2.37. The number of hydrogen-bond acceptors (Lipinski definition) is 6. The number of rotatable bonds is 7. The van der Waals surface area contributed by atoms with E-state index in [1.807, 2.05) is 0 Å². The summed E-state index contributed by atoms with van der Waals surface area (Å²) in [5.74, 6) is 0. The molecule has 0 saturated carbocycles. The third kappa shape index (κ3) is 4.24. The predicted molar refractivity (Wildman–Crippen MR) is 98.7 cm³/mol. The lowest BCUT2D eigenvalue weighted by atomic mass is 10.2. The van der Waals surface area contributed by atoms with Crippen molar-refractivity contribution < 1.29 is 9.47 Å². The topological polar surface area (TPSA) is 34.6 Å². The molecule has 0 aromatic carbocycles. The van der Waals surface area contributed by atoms with Crippen LogP contribution in [0.15, 0.2) is 22.2 Å². The molecule has 2 aliphatic heterocycles. The van der Waals surface area contributed by atoms with Crippen molar-refractivity contribution in [3.05, 3.63) is 27.9 Å². The first-order valence-electron chi connectivity index (χ1n) is 8.79. The summed E-state index contributed by atoms with van der Waals surface area (Å²) in [6.45, 7) is 4.70. The third-order valence-electron chi connectivity index (χ3n) is 4.68. The molecule has 130 valence electrons. The molecule has 4 nitrogen and oxygen atoms in total. The zero-order valence-electron chi connectivity index (χ0n) is 13.9. The standard InChI is InChI=1S/C18H24N2O2S2/c1-3-16(21-6-1)10-20(11-17-4-2-7-22-17)9-15-13-24-18(19-15)14-5-8-23-12-14/h5,8,12-13,16-17H,1-4,6-7,9-11H2/t16-,17-/m0/s1. The van der Waals surface area contributed by atoms with Crippen LogP contribution in [0.5, 0.6) is 0 Å². The average molecular weight is 365 g/mol.